The highest BCUT2D eigenvalue weighted by molar-refractivity contribution is 7.92. The van der Waals surface area contributed by atoms with Gasteiger partial charge < -0.3 is 14.5 Å². The summed E-state index contributed by atoms with van der Waals surface area (Å²) >= 11 is 0. The second-order valence-corrected chi connectivity index (χ2v) is 12.8. The SMILES string of the molecule is Cc1ccc2c(c1)CN(C)CCC(c1ccccc1)CCCN(C(=O)c1ccc(N(C)S(C)(=O)=O)cc1)CCO2. The number of carbonyl (C=O) groups excluding carboxylic acids is 1. The van der Waals surface area contributed by atoms with Crippen LogP contribution in [0.4, 0.5) is 5.69 Å². The second-order valence-electron chi connectivity index (χ2n) is 10.8. The van der Waals surface area contributed by atoms with E-state index in [4.69, 9.17) is 4.74 Å². The smallest absolute Gasteiger partial charge is 0.253 e. The molecule has 214 valence electrons. The van der Waals surface area contributed by atoms with E-state index < -0.39 is 10.0 Å². The van der Waals surface area contributed by atoms with Crippen LogP contribution in [0, 0.1) is 6.92 Å². The van der Waals surface area contributed by atoms with Gasteiger partial charge in [-0.1, -0.05) is 48.0 Å². The summed E-state index contributed by atoms with van der Waals surface area (Å²) in [5.74, 6) is 1.18. The Kier molecular flexibility index (Phi) is 9.87. The van der Waals surface area contributed by atoms with Gasteiger partial charge in [0.05, 0.1) is 18.5 Å². The summed E-state index contributed by atoms with van der Waals surface area (Å²) in [6, 6.07) is 23.7. The van der Waals surface area contributed by atoms with Gasteiger partial charge in [0.15, 0.2) is 0 Å². The molecule has 1 amide bonds. The van der Waals surface area contributed by atoms with Crippen LogP contribution in [0.25, 0.3) is 0 Å². The summed E-state index contributed by atoms with van der Waals surface area (Å²) in [4.78, 5) is 17.9. The van der Waals surface area contributed by atoms with Crippen molar-refractivity contribution in [2.24, 2.45) is 0 Å². The van der Waals surface area contributed by atoms with Gasteiger partial charge in [0.1, 0.15) is 12.4 Å². The number of aryl methyl sites for hydroxylation is 1. The molecule has 1 unspecified atom stereocenters. The van der Waals surface area contributed by atoms with Gasteiger partial charge in [0.25, 0.3) is 5.91 Å². The number of nitrogens with zero attached hydrogens (tertiary/aromatic N) is 3. The van der Waals surface area contributed by atoms with E-state index in [9.17, 15) is 13.2 Å². The summed E-state index contributed by atoms with van der Waals surface area (Å²) in [5, 5.41) is 0. The van der Waals surface area contributed by atoms with Crippen LogP contribution >= 0.6 is 0 Å². The average molecular weight is 564 g/mol. The molecule has 40 heavy (non-hydrogen) atoms. The third-order valence-corrected chi connectivity index (χ3v) is 8.85. The van der Waals surface area contributed by atoms with Crippen molar-refractivity contribution >= 4 is 21.6 Å². The minimum atomic E-state index is -3.38. The first-order chi connectivity index (χ1) is 19.1. The Bertz CT molecular complexity index is 1380. The minimum absolute atomic E-state index is 0.0793. The molecule has 0 N–H and O–H groups in total. The lowest BCUT2D eigenvalue weighted by molar-refractivity contribution is 0.0724. The second kappa shape index (κ2) is 13.3. The Morgan fingerprint density at radius 2 is 1.68 bits per heavy atom. The van der Waals surface area contributed by atoms with Crippen LogP contribution in [-0.4, -0.2) is 70.7 Å². The van der Waals surface area contributed by atoms with Crippen LogP contribution < -0.4 is 9.04 Å². The Labute approximate surface area is 239 Å². The van der Waals surface area contributed by atoms with Crippen LogP contribution in [0.5, 0.6) is 5.75 Å². The Hall–Kier alpha value is -3.36. The highest BCUT2D eigenvalue weighted by Crippen LogP contribution is 2.28. The van der Waals surface area contributed by atoms with E-state index >= 15 is 0 Å². The van der Waals surface area contributed by atoms with E-state index in [1.807, 2.05) is 11.0 Å². The Morgan fingerprint density at radius 3 is 2.38 bits per heavy atom. The van der Waals surface area contributed by atoms with E-state index in [0.717, 1.165) is 49.9 Å². The molecule has 1 heterocycles. The summed E-state index contributed by atoms with van der Waals surface area (Å²) < 4.78 is 31.3. The van der Waals surface area contributed by atoms with Crippen molar-refractivity contribution in [3.63, 3.8) is 0 Å². The van der Waals surface area contributed by atoms with Crippen LogP contribution in [0.15, 0.2) is 72.8 Å². The quantitative estimate of drug-likeness (QED) is 0.430. The Morgan fingerprint density at radius 1 is 0.950 bits per heavy atom. The van der Waals surface area contributed by atoms with Gasteiger partial charge in [0, 0.05) is 31.3 Å². The van der Waals surface area contributed by atoms with Gasteiger partial charge in [-0.3, -0.25) is 9.10 Å². The molecule has 0 aliphatic carbocycles. The zero-order valence-electron chi connectivity index (χ0n) is 24.0. The van der Waals surface area contributed by atoms with Crippen LogP contribution in [-0.2, 0) is 16.6 Å². The van der Waals surface area contributed by atoms with Crippen LogP contribution in [0.2, 0.25) is 0 Å². The highest BCUT2D eigenvalue weighted by atomic mass is 32.2. The Balaban J connectivity index is 1.57. The van der Waals surface area contributed by atoms with Gasteiger partial charge in [-0.05, 0) is 81.6 Å². The number of hydrogen-bond acceptors (Lipinski definition) is 5. The van der Waals surface area contributed by atoms with Gasteiger partial charge in [-0.2, -0.15) is 0 Å². The predicted molar refractivity (Wildman–Crippen MR) is 162 cm³/mol. The van der Waals surface area contributed by atoms with E-state index in [-0.39, 0.29) is 5.91 Å². The van der Waals surface area contributed by atoms with E-state index in [1.165, 1.54) is 22.5 Å². The zero-order chi connectivity index (χ0) is 28.7. The zero-order valence-corrected chi connectivity index (χ0v) is 24.9. The molecule has 7 nitrogen and oxygen atoms in total. The normalized spacial score (nSPS) is 17.8. The van der Waals surface area contributed by atoms with E-state index in [0.29, 0.717) is 36.9 Å². The summed E-state index contributed by atoms with van der Waals surface area (Å²) in [7, 11) is 0.293. The number of benzene rings is 3. The maximum Gasteiger partial charge on any atom is 0.253 e. The molecule has 3 aromatic rings. The molecule has 1 atom stereocenters. The van der Waals surface area contributed by atoms with Crippen molar-refractivity contribution in [2.45, 2.75) is 38.6 Å². The van der Waals surface area contributed by atoms with Crippen molar-refractivity contribution < 1.29 is 17.9 Å². The molecule has 0 saturated heterocycles. The largest absolute Gasteiger partial charge is 0.491 e. The minimum Gasteiger partial charge on any atom is -0.491 e. The first-order valence-corrected chi connectivity index (χ1v) is 15.8. The van der Waals surface area contributed by atoms with Crippen molar-refractivity contribution in [1.82, 2.24) is 9.80 Å². The average Bonchev–Trinajstić information content (AvgIpc) is 2.94. The first kappa shape index (κ1) is 29.6. The van der Waals surface area contributed by atoms with Crippen LogP contribution in [0.3, 0.4) is 0 Å². The number of rotatable bonds is 4. The van der Waals surface area contributed by atoms with Gasteiger partial charge in [0.2, 0.25) is 10.0 Å². The molecule has 0 fully saturated rings. The molecule has 0 bridgehead atoms. The number of hydrogen-bond donors (Lipinski definition) is 0. The van der Waals surface area contributed by atoms with Crippen molar-refractivity contribution in [3.05, 3.63) is 95.1 Å². The third-order valence-electron chi connectivity index (χ3n) is 7.65. The molecule has 4 rings (SSSR count). The number of sulfonamides is 1. The predicted octanol–water partition coefficient (Wildman–Crippen LogP) is 5.31. The number of ether oxygens (including phenoxy) is 1. The lowest BCUT2D eigenvalue weighted by Gasteiger charge is -2.27. The fourth-order valence-corrected chi connectivity index (χ4v) is 5.72. The molecular formula is C32H41N3O4S. The summed E-state index contributed by atoms with van der Waals surface area (Å²) in [6.45, 7) is 5.33. The van der Waals surface area contributed by atoms with E-state index in [2.05, 4.69) is 61.3 Å². The molecule has 1 aliphatic heterocycles. The van der Waals surface area contributed by atoms with E-state index in [1.54, 1.807) is 24.3 Å². The lowest BCUT2D eigenvalue weighted by atomic mass is 9.91. The highest BCUT2D eigenvalue weighted by Gasteiger charge is 2.20. The standard InChI is InChI=1S/C32H41N3O4S/c1-25-12-17-31-29(23-25)24-33(2)20-18-27(26-9-6-5-7-10-26)11-8-19-35(21-22-39-31)32(36)28-13-15-30(16-14-28)34(3)40(4,37)38/h5-7,9-10,12-17,23,27H,8,11,18-22,24H2,1-4H3. The first-order valence-electron chi connectivity index (χ1n) is 13.9. The van der Waals surface area contributed by atoms with Gasteiger partial charge >= 0.3 is 0 Å². The lowest BCUT2D eigenvalue weighted by Crippen LogP contribution is -2.36. The molecule has 1 aliphatic rings. The number of anilines is 1. The fraction of sp³-hybridized carbons (Fsp3) is 0.406. The molecule has 0 spiro atoms. The molecule has 0 aromatic heterocycles. The number of amides is 1. The topological polar surface area (TPSA) is 70.2 Å². The molecule has 8 heteroatoms. The maximum atomic E-state index is 13.6. The monoisotopic (exact) mass is 563 g/mol. The molecule has 0 saturated carbocycles. The van der Waals surface area contributed by atoms with Crippen LogP contribution in [0.1, 0.15) is 52.2 Å². The van der Waals surface area contributed by atoms with Gasteiger partial charge in [-0.15, -0.1) is 0 Å². The van der Waals surface area contributed by atoms with Crippen molar-refractivity contribution in [1.29, 1.82) is 0 Å². The molecular weight excluding hydrogens is 522 g/mol. The summed E-state index contributed by atoms with van der Waals surface area (Å²) in [5.41, 5.74) is 4.74. The third kappa shape index (κ3) is 7.86. The molecule has 0 radical (unpaired) electrons. The fourth-order valence-electron chi connectivity index (χ4n) is 5.22. The number of fused-ring (bicyclic) bond motifs is 1. The van der Waals surface area contributed by atoms with Crippen molar-refractivity contribution in [3.8, 4) is 5.75 Å². The van der Waals surface area contributed by atoms with Gasteiger partial charge in [-0.25, -0.2) is 8.42 Å². The maximum absolute atomic E-state index is 13.6. The summed E-state index contributed by atoms with van der Waals surface area (Å²) in [6.07, 6.45) is 4.05. The molecule has 3 aromatic carbocycles. The number of carbonyl (C=O) groups is 1. The van der Waals surface area contributed by atoms with Crippen molar-refractivity contribution in [2.75, 3.05) is 50.9 Å².